The fourth-order valence-corrected chi connectivity index (χ4v) is 4.20. The summed E-state index contributed by atoms with van der Waals surface area (Å²) >= 11 is 1.14. The third-order valence-electron chi connectivity index (χ3n) is 4.41. The van der Waals surface area contributed by atoms with Crippen molar-refractivity contribution >= 4 is 34.5 Å². The summed E-state index contributed by atoms with van der Waals surface area (Å²) in [5, 5.41) is 0.736. The summed E-state index contributed by atoms with van der Waals surface area (Å²) in [6.07, 6.45) is 14.2. The van der Waals surface area contributed by atoms with Crippen molar-refractivity contribution in [2.24, 2.45) is 0 Å². The molecule has 0 N–H and O–H groups in total. The number of anilines is 1. The van der Waals surface area contributed by atoms with E-state index in [4.69, 9.17) is 4.74 Å². The number of carbonyl (C=O) groups excluding carboxylic acids is 2. The lowest BCUT2D eigenvalue weighted by Crippen LogP contribution is -2.48. The summed E-state index contributed by atoms with van der Waals surface area (Å²) in [4.78, 5) is 30.6. The second kappa shape index (κ2) is 5.77. The number of carbonyl (C=O) groups is 2. The van der Waals surface area contributed by atoms with Gasteiger partial charge in [0.2, 0.25) is 5.95 Å². The fourth-order valence-electron chi connectivity index (χ4n) is 3.53. The second-order valence-corrected chi connectivity index (χ2v) is 7.10. The molecule has 3 heterocycles. The van der Waals surface area contributed by atoms with E-state index in [2.05, 4.69) is 17.1 Å². The Hall–Kier alpha value is -2.54. The third kappa shape index (κ3) is 2.22. The molecule has 7 heteroatoms. The smallest absolute Gasteiger partial charge is 0.355 e. The van der Waals surface area contributed by atoms with Gasteiger partial charge in [0.05, 0.1) is 18.5 Å². The van der Waals surface area contributed by atoms with Crippen LogP contribution in [0.1, 0.15) is 20.3 Å². The minimum absolute atomic E-state index is 0.00901. The number of thioether (sulfide) groups is 1. The van der Waals surface area contributed by atoms with Crippen LogP contribution in [0.4, 0.5) is 5.95 Å². The first-order valence-electron chi connectivity index (χ1n) is 8.09. The summed E-state index contributed by atoms with van der Waals surface area (Å²) < 4.78 is 7.19. The van der Waals surface area contributed by atoms with Crippen LogP contribution in [0.5, 0.6) is 0 Å². The minimum Gasteiger partial charge on any atom is -0.461 e. The molecule has 6 nitrogen and oxygen atoms in total. The Morgan fingerprint density at radius 1 is 1.36 bits per heavy atom. The molecule has 0 aromatic carbocycles. The van der Waals surface area contributed by atoms with Crippen LogP contribution >= 0.6 is 11.8 Å². The third-order valence-corrected chi connectivity index (χ3v) is 5.20. The highest BCUT2D eigenvalue weighted by atomic mass is 32.2. The van der Waals surface area contributed by atoms with Crippen LogP contribution in [0.2, 0.25) is 0 Å². The van der Waals surface area contributed by atoms with E-state index in [0.29, 0.717) is 24.7 Å². The van der Waals surface area contributed by atoms with E-state index in [0.717, 1.165) is 22.5 Å². The predicted molar refractivity (Wildman–Crippen MR) is 95.9 cm³/mol. The zero-order valence-corrected chi connectivity index (χ0v) is 14.7. The van der Waals surface area contributed by atoms with Gasteiger partial charge in [-0.15, -0.1) is 0 Å². The van der Waals surface area contributed by atoms with Crippen molar-refractivity contribution in [1.82, 2.24) is 9.55 Å². The van der Waals surface area contributed by atoms with Gasteiger partial charge in [-0.3, -0.25) is 14.3 Å². The number of esters is 1. The van der Waals surface area contributed by atoms with Crippen LogP contribution < -0.4 is 4.90 Å². The van der Waals surface area contributed by atoms with Crippen molar-refractivity contribution in [3.63, 3.8) is 0 Å². The number of imidazole rings is 1. The molecule has 25 heavy (non-hydrogen) atoms. The van der Waals surface area contributed by atoms with Crippen molar-refractivity contribution in [3.8, 4) is 0 Å². The number of nitrogens with zero attached hydrogens (tertiary/aromatic N) is 3. The van der Waals surface area contributed by atoms with Crippen LogP contribution in [0, 0.1) is 0 Å². The van der Waals surface area contributed by atoms with Gasteiger partial charge in [-0.2, -0.15) is 0 Å². The molecule has 1 spiro atoms. The van der Waals surface area contributed by atoms with Gasteiger partial charge < -0.3 is 4.74 Å². The van der Waals surface area contributed by atoms with Gasteiger partial charge in [0.25, 0.3) is 0 Å². The lowest BCUT2D eigenvalue weighted by molar-refractivity contribution is -0.138. The van der Waals surface area contributed by atoms with E-state index in [1.807, 2.05) is 27.7 Å². The first-order valence-corrected chi connectivity index (χ1v) is 8.91. The lowest BCUT2D eigenvalue weighted by atomic mass is 9.84. The molecule has 0 fully saturated rings. The molecule has 0 saturated carbocycles. The molecule has 4 rings (SSSR count). The maximum absolute atomic E-state index is 12.5. The molecule has 0 bridgehead atoms. The Labute approximate surface area is 149 Å². The molecule has 1 aliphatic carbocycles. The maximum Gasteiger partial charge on any atom is 0.355 e. The van der Waals surface area contributed by atoms with Crippen molar-refractivity contribution < 1.29 is 14.3 Å². The second-order valence-electron chi connectivity index (χ2n) is 5.90. The standard InChI is InChI=1S/C18H17N3O3S/c1-3-24-16(23)13-7-6-10-18-9-5-4-8-14(18)20-15(25-12(2)22)11-19-17(20)21(13)18/h4-8,10-11H,3,9H2,1-2H3. The van der Waals surface area contributed by atoms with Crippen molar-refractivity contribution in [2.75, 3.05) is 11.5 Å². The number of rotatable bonds is 3. The normalized spacial score (nSPS) is 22.7. The van der Waals surface area contributed by atoms with E-state index in [1.54, 1.807) is 19.2 Å². The SMILES string of the molecule is CCOC(=O)C1=CC=CC23CC=CC=C2n2c(SC(C)=O)cnc2N13. The number of aromatic nitrogens is 2. The summed E-state index contributed by atoms with van der Waals surface area (Å²) in [6, 6.07) is 0. The zero-order valence-electron chi connectivity index (χ0n) is 13.9. The Morgan fingerprint density at radius 3 is 2.96 bits per heavy atom. The van der Waals surface area contributed by atoms with Crippen molar-refractivity contribution in [3.05, 3.63) is 48.4 Å². The van der Waals surface area contributed by atoms with Crippen LogP contribution in [0.3, 0.4) is 0 Å². The molecule has 1 aromatic heterocycles. The lowest BCUT2D eigenvalue weighted by Gasteiger charge is -2.39. The number of hydrogen-bond donors (Lipinski definition) is 0. The van der Waals surface area contributed by atoms with Gasteiger partial charge in [-0.25, -0.2) is 9.78 Å². The van der Waals surface area contributed by atoms with Crippen molar-refractivity contribution in [1.29, 1.82) is 0 Å². The maximum atomic E-state index is 12.5. The van der Waals surface area contributed by atoms with Gasteiger partial charge in [-0.1, -0.05) is 24.3 Å². The number of ether oxygens (including phenoxy) is 1. The van der Waals surface area contributed by atoms with E-state index in [-0.39, 0.29) is 11.1 Å². The van der Waals surface area contributed by atoms with Crippen LogP contribution in [-0.2, 0) is 14.3 Å². The Balaban J connectivity index is 1.89. The number of fused-ring (bicyclic) bond motifs is 3. The molecule has 0 saturated heterocycles. The zero-order chi connectivity index (χ0) is 17.6. The topological polar surface area (TPSA) is 64.4 Å². The predicted octanol–water partition coefficient (Wildman–Crippen LogP) is 2.90. The van der Waals surface area contributed by atoms with E-state index >= 15 is 0 Å². The first-order chi connectivity index (χ1) is 12.1. The van der Waals surface area contributed by atoms with E-state index in [1.165, 1.54) is 6.92 Å². The molecule has 128 valence electrons. The summed E-state index contributed by atoms with van der Waals surface area (Å²) in [5.41, 5.74) is 0.924. The van der Waals surface area contributed by atoms with Crippen LogP contribution in [0.15, 0.2) is 53.4 Å². The van der Waals surface area contributed by atoms with E-state index < -0.39 is 5.54 Å². The van der Waals surface area contributed by atoms with Gasteiger partial charge >= 0.3 is 5.97 Å². The molecule has 1 atom stereocenters. The highest BCUT2D eigenvalue weighted by Crippen LogP contribution is 2.51. The molecule has 0 amide bonds. The quantitative estimate of drug-likeness (QED) is 0.614. The average molecular weight is 355 g/mol. The molecular weight excluding hydrogens is 338 g/mol. The van der Waals surface area contributed by atoms with Crippen LogP contribution in [-0.4, -0.2) is 32.8 Å². The van der Waals surface area contributed by atoms with Gasteiger partial charge in [-0.05, 0) is 37.3 Å². The molecule has 3 aliphatic rings. The Morgan fingerprint density at radius 2 is 2.20 bits per heavy atom. The Bertz CT molecular complexity index is 893. The number of allylic oxidation sites excluding steroid dienone is 4. The summed E-state index contributed by atoms with van der Waals surface area (Å²) in [7, 11) is 0. The minimum atomic E-state index is -0.513. The van der Waals surface area contributed by atoms with Gasteiger partial charge in [0.1, 0.15) is 16.3 Å². The number of hydrogen-bond acceptors (Lipinski definition) is 6. The molecule has 0 radical (unpaired) electrons. The average Bonchev–Trinajstić information content (AvgIpc) is 3.10. The molecule has 2 aliphatic heterocycles. The molecule has 1 aromatic rings. The summed E-state index contributed by atoms with van der Waals surface area (Å²) in [6.45, 7) is 3.62. The first kappa shape index (κ1) is 16.0. The fraction of sp³-hybridized carbons (Fsp3) is 0.278. The monoisotopic (exact) mass is 355 g/mol. The van der Waals surface area contributed by atoms with Gasteiger partial charge in [0, 0.05) is 6.92 Å². The van der Waals surface area contributed by atoms with Gasteiger partial charge in [0.15, 0.2) is 5.12 Å². The highest BCUT2D eigenvalue weighted by Gasteiger charge is 2.52. The molecular formula is C18H17N3O3S. The van der Waals surface area contributed by atoms with Crippen molar-refractivity contribution in [2.45, 2.75) is 30.8 Å². The summed E-state index contributed by atoms with van der Waals surface area (Å²) in [5.74, 6) is 0.250. The molecule has 1 unspecified atom stereocenters. The van der Waals surface area contributed by atoms with E-state index in [9.17, 15) is 9.59 Å². The van der Waals surface area contributed by atoms with Crippen LogP contribution in [0.25, 0.3) is 5.70 Å². The highest BCUT2D eigenvalue weighted by molar-refractivity contribution is 8.13. The Kier molecular flexibility index (Phi) is 3.68. The largest absolute Gasteiger partial charge is 0.461 e.